The molecule has 178 valence electrons. The molecule has 1 unspecified atom stereocenters. The first-order valence-corrected chi connectivity index (χ1v) is 12.2. The number of hydrogen-bond acceptors (Lipinski definition) is 5. The summed E-state index contributed by atoms with van der Waals surface area (Å²) in [4.78, 5) is 31.8. The Morgan fingerprint density at radius 2 is 1.54 bits per heavy atom. The quantitative estimate of drug-likeness (QED) is 0.463. The molecule has 2 saturated heterocycles. The molecule has 0 aromatic heterocycles. The van der Waals surface area contributed by atoms with Crippen molar-refractivity contribution < 1.29 is 19.1 Å². The van der Waals surface area contributed by atoms with Crippen LogP contribution in [0.15, 0.2) is 72.8 Å². The van der Waals surface area contributed by atoms with E-state index in [4.69, 9.17) is 9.47 Å². The number of anilines is 2. The van der Waals surface area contributed by atoms with E-state index in [1.807, 2.05) is 48.5 Å². The number of hydrogen-bond donors (Lipinski definition) is 0. The Bertz CT molecular complexity index is 1240. The number of para-hydroxylation sites is 1. The fraction of sp³-hybridized carbons (Fsp3) is 0.286. The van der Waals surface area contributed by atoms with Crippen LogP contribution in [0.3, 0.4) is 0 Å². The number of fused-ring (bicyclic) bond motifs is 3. The lowest BCUT2D eigenvalue weighted by Gasteiger charge is -2.18. The third-order valence-electron chi connectivity index (χ3n) is 6.89. The summed E-state index contributed by atoms with van der Waals surface area (Å²) in [5, 5.41) is 0. The fourth-order valence-corrected chi connectivity index (χ4v) is 5.13. The molecule has 3 aromatic rings. The number of urea groups is 1. The molecule has 0 aliphatic carbocycles. The van der Waals surface area contributed by atoms with E-state index in [-0.39, 0.29) is 11.9 Å². The van der Waals surface area contributed by atoms with Gasteiger partial charge in [-0.05, 0) is 86.1 Å². The van der Waals surface area contributed by atoms with Gasteiger partial charge in [-0.1, -0.05) is 18.2 Å². The van der Waals surface area contributed by atoms with Crippen molar-refractivity contribution in [1.82, 2.24) is 4.90 Å². The van der Waals surface area contributed by atoms with Gasteiger partial charge < -0.3 is 9.47 Å². The number of imide groups is 1. The number of carbonyl (C=O) groups is 2. The van der Waals surface area contributed by atoms with Gasteiger partial charge in [-0.2, -0.15) is 0 Å². The van der Waals surface area contributed by atoms with Gasteiger partial charge in [0, 0.05) is 18.7 Å². The van der Waals surface area contributed by atoms with Crippen molar-refractivity contribution in [3.05, 3.63) is 78.4 Å². The number of carbonyl (C=O) groups excluding carboxylic acids is 2. The lowest BCUT2D eigenvalue weighted by atomic mass is 10.1. The second-order valence-corrected chi connectivity index (χ2v) is 9.14. The van der Waals surface area contributed by atoms with E-state index in [2.05, 4.69) is 4.90 Å². The second-order valence-electron chi connectivity index (χ2n) is 9.14. The standard InChI is InChI=1S/C28H27N3O4/c32-27-26-19-20-18-24(34-17-16-29-14-4-5-15-29)12-13-25(20)31(26)28(33)30(27)21-8-10-23(11-9-21)35-22-6-2-1-3-7-22/h1-3,6-13,18,26H,4-5,14-17,19H2. The zero-order chi connectivity index (χ0) is 23.8. The van der Waals surface area contributed by atoms with E-state index in [1.54, 1.807) is 29.2 Å². The van der Waals surface area contributed by atoms with Crippen LogP contribution < -0.4 is 19.3 Å². The molecule has 6 rings (SSSR count). The maximum absolute atomic E-state index is 13.3. The third-order valence-corrected chi connectivity index (χ3v) is 6.89. The predicted octanol–water partition coefficient (Wildman–Crippen LogP) is 4.85. The van der Waals surface area contributed by atoms with E-state index in [0.717, 1.165) is 42.4 Å². The first-order chi connectivity index (χ1) is 17.2. The molecule has 3 heterocycles. The Balaban J connectivity index is 1.14. The highest BCUT2D eigenvalue weighted by molar-refractivity contribution is 6.29. The first kappa shape index (κ1) is 21.7. The lowest BCUT2D eigenvalue weighted by Crippen LogP contribution is -2.32. The predicted molar refractivity (Wildman–Crippen MR) is 133 cm³/mol. The summed E-state index contributed by atoms with van der Waals surface area (Å²) >= 11 is 0. The summed E-state index contributed by atoms with van der Waals surface area (Å²) < 4.78 is 11.8. The normalized spacial score (nSPS) is 19.3. The number of likely N-dealkylation sites (tertiary alicyclic amines) is 1. The molecule has 7 nitrogen and oxygen atoms in total. The van der Waals surface area contributed by atoms with Gasteiger partial charge in [-0.3, -0.25) is 14.6 Å². The van der Waals surface area contributed by atoms with Crippen molar-refractivity contribution >= 4 is 23.3 Å². The van der Waals surface area contributed by atoms with E-state index in [9.17, 15) is 9.59 Å². The van der Waals surface area contributed by atoms with Crippen LogP contribution in [-0.2, 0) is 11.2 Å². The van der Waals surface area contributed by atoms with Crippen molar-refractivity contribution in [1.29, 1.82) is 0 Å². The number of nitrogens with zero attached hydrogens (tertiary/aromatic N) is 3. The average molecular weight is 470 g/mol. The molecule has 0 radical (unpaired) electrons. The number of ether oxygens (including phenoxy) is 2. The third kappa shape index (κ3) is 4.12. The smallest absolute Gasteiger partial charge is 0.336 e. The van der Waals surface area contributed by atoms with Crippen LogP contribution in [0.2, 0.25) is 0 Å². The highest BCUT2D eigenvalue weighted by atomic mass is 16.5. The van der Waals surface area contributed by atoms with Gasteiger partial charge >= 0.3 is 6.03 Å². The molecule has 0 bridgehead atoms. The van der Waals surface area contributed by atoms with Gasteiger partial charge in [0.15, 0.2) is 0 Å². The number of amides is 3. The molecular formula is C28H27N3O4. The molecule has 7 heteroatoms. The van der Waals surface area contributed by atoms with Crippen LogP contribution in [0, 0.1) is 0 Å². The van der Waals surface area contributed by atoms with Gasteiger partial charge in [-0.15, -0.1) is 0 Å². The summed E-state index contributed by atoms with van der Waals surface area (Å²) in [7, 11) is 0. The molecular weight excluding hydrogens is 442 g/mol. The Kier molecular flexibility index (Phi) is 5.62. The van der Waals surface area contributed by atoms with Gasteiger partial charge in [0.25, 0.3) is 5.91 Å². The summed E-state index contributed by atoms with van der Waals surface area (Å²) in [6.07, 6.45) is 3.02. The number of rotatable bonds is 7. The van der Waals surface area contributed by atoms with Crippen LogP contribution in [0.25, 0.3) is 0 Å². The molecule has 3 aromatic carbocycles. The minimum Gasteiger partial charge on any atom is -0.492 e. The Labute approximate surface area is 204 Å². The Morgan fingerprint density at radius 1 is 0.829 bits per heavy atom. The molecule has 3 amide bonds. The average Bonchev–Trinajstić information content (AvgIpc) is 3.58. The van der Waals surface area contributed by atoms with E-state index in [1.165, 1.54) is 17.7 Å². The van der Waals surface area contributed by atoms with E-state index >= 15 is 0 Å². The molecule has 35 heavy (non-hydrogen) atoms. The Morgan fingerprint density at radius 3 is 2.31 bits per heavy atom. The van der Waals surface area contributed by atoms with Crippen molar-refractivity contribution in [2.24, 2.45) is 0 Å². The topological polar surface area (TPSA) is 62.3 Å². The van der Waals surface area contributed by atoms with Gasteiger partial charge in [0.05, 0.1) is 5.69 Å². The van der Waals surface area contributed by atoms with Crippen molar-refractivity contribution in [2.75, 3.05) is 36.0 Å². The highest BCUT2D eigenvalue weighted by Crippen LogP contribution is 2.41. The molecule has 3 aliphatic rings. The van der Waals surface area contributed by atoms with Crippen LogP contribution >= 0.6 is 0 Å². The summed E-state index contributed by atoms with van der Waals surface area (Å²) in [6.45, 7) is 3.86. The minimum atomic E-state index is -0.516. The first-order valence-electron chi connectivity index (χ1n) is 12.2. The molecule has 0 N–H and O–H groups in total. The summed E-state index contributed by atoms with van der Waals surface area (Å²) in [6, 6.07) is 21.4. The maximum Gasteiger partial charge on any atom is 0.336 e. The Hall–Kier alpha value is -3.84. The minimum absolute atomic E-state index is 0.209. The van der Waals surface area contributed by atoms with Crippen molar-refractivity contribution in [3.63, 3.8) is 0 Å². The molecule has 2 fully saturated rings. The summed E-state index contributed by atoms with van der Waals surface area (Å²) in [5.41, 5.74) is 2.30. The second kappa shape index (κ2) is 9.07. The van der Waals surface area contributed by atoms with Crippen LogP contribution in [-0.4, -0.2) is 49.1 Å². The summed E-state index contributed by atoms with van der Waals surface area (Å²) in [5.74, 6) is 1.95. The van der Waals surface area contributed by atoms with Crippen molar-refractivity contribution in [3.8, 4) is 17.2 Å². The van der Waals surface area contributed by atoms with Gasteiger partial charge in [0.1, 0.15) is 29.9 Å². The van der Waals surface area contributed by atoms with Crippen LogP contribution in [0.4, 0.5) is 16.2 Å². The monoisotopic (exact) mass is 469 g/mol. The fourth-order valence-electron chi connectivity index (χ4n) is 5.13. The van der Waals surface area contributed by atoms with E-state index < -0.39 is 6.04 Å². The van der Waals surface area contributed by atoms with Crippen LogP contribution in [0.5, 0.6) is 17.2 Å². The SMILES string of the molecule is O=C1C2Cc3cc(OCCN4CCCC4)ccc3N2C(=O)N1c1ccc(Oc2ccccc2)cc1. The van der Waals surface area contributed by atoms with Crippen LogP contribution in [0.1, 0.15) is 18.4 Å². The number of benzene rings is 3. The lowest BCUT2D eigenvalue weighted by molar-refractivity contribution is -0.117. The molecule has 0 spiro atoms. The van der Waals surface area contributed by atoms with Gasteiger partial charge in [-0.25, -0.2) is 9.69 Å². The largest absolute Gasteiger partial charge is 0.492 e. The molecule has 3 aliphatic heterocycles. The van der Waals surface area contributed by atoms with Crippen molar-refractivity contribution in [2.45, 2.75) is 25.3 Å². The van der Waals surface area contributed by atoms with E-state index in [0.29, 0.717) is 24.5 Å². The molecule has 0 saturated carbocycles. The maximum atomic E-state index is 13.3. The highest BCUT2D eigenvalue weighted by Gasteiger charge is 2.50. The van der Waals surface area contributed by atoms with Gasteiger partial charge in [0.2, 0.25) is 0 Å². The zero-order valence-corrected chi connectivity index (χ0v) is 19.4. The zero-order valence-electron chi connectivity index (χ0n) is 19.4. The molecule has 1 atom stereocenters.